The molecule has 0 aliphatic heterocycles. The predicted octanol–water partition coefficient (Wildman–Crippen LogP) is 6.24. The summed E-state index contributed by atoms with van der Waals surface area (Å²) in [7, 11) is 0. The van der Waals surface area contributed by atoms with Crippen LogP contribution in [-0.4, -0.2) is 22.5 Å². The minimum Gasteiger partial charge on any atom is -0.493 e. The summed E-state index contributed by atoms with van der Waals surface area (Å²) in [5, 5.41) is 22.3. The first-order valence-corrected chi connectivity index (χ1v) is 10.2. The van der Waals surface area contributed by atoms with Crippen LogP contribution in [0.5, 0.6) is 5.88 Å². The zero-order valence-corrected chi connectivity index (χ0v) is 17.0. The van der Waals surface area contributed by atoms with Crippen molar-refractivity contribution in [2.75, 3.05) is 6.54 Å². The molecule has 0 spiro atoms. The van der Waals surface area contributed by atoms with Crippen molar-refractivity contribution in [3.63, 3.8) is 0 Å². The van der Waals surface area contributed by atoms with Crippen LogP contribution in [0.1, 0.15) is 49.9 Å². The Morgan fingerprint density at radius 3 is 2.59 bits per heavy atom. The van der Waals surface area contributed by atoms with Gasteiger partial charge in [0.15, 0.2) is 5.69 Å². The second kappa shape index (κ2) is 9.87. The molecule has 1 heterocycles. The van der Waals surface area contributed by atoms with Crippen molar-refractivity contribution in [2.24, 2.45) is 16.1 Å². The summed E-state index contributed by atoms with van der Waals surface area (Å²) in [4.78, 5) is 15.3. The standard InChI is InChI=1S/C23H28N4O2/c1-3-5-8-16(4-2)15-24-22(28)17-11-13-18(14-12-17)26-27-21-19-9-6-7-10-20(19)25-23(21)29/h6-7,9-14,16,25,29H,3-5,8,15H2,1-2H3,(H,24,28)/t16-/m0/s1. The van der Waals surface area contributed by atoms with Crippen LogP contribution < -0.4 is 5.32 Å². The Morgan fingerprint density at radius 2 is 1.86 bits per heavy atom. The number of aromatic amines is 1. The van der Waals surface area contributed by atoms with Gasteiger partial charge >= 0.3 is 0 Å². The first kappa shape index (κ1) is 20.6. The fourth-order valence-electron chi connectivity index (χ4n) is 3.28. The monoisotopic (exact) mass is 392 g/mol. The molecule has 0 radical (unpaired) electrons. The van der Waals surface area contributed by atoms with Gasteiger partial charge in [-0.15, -0.1) is 5.11 Å². The highest BCUT2D eigenvalue weighted by Gasteiger charge is 2.11. The zero-order valence-electron chi connectivity index (χ0n) is 17.0. The molecular formula is C23H28N4O2. The third-order valence-corrected chi connectivity index (χ3v) is 5.15. The van der Waals surface area contributed by atoms with Crippen molar-refractivity contribution in [3.8, 4) is 5.88 Å². The lowest BCUT2D eigenvalue weighted by Crippen LogP contribution is -2.29. The Bertz CT molecular complexity index is 976. The molecule has 2 aromatic carbocycles. The van der Waals surface area contributed by atoms with Crippen LogP contribution in [0.3, 0.4) is 0 Å². The fraction of sp³-hybridized carbons (Fsp3) is 0.348. The van der Waals surface area contributed by atoms with Gasteiger partial charge in [0.2, 0.25) is 5.88 Å². The molecule has 0 saturated carbocycles. The lowest BCUT2D eigenvalue weighted by molar-refractivity contribution is 0.0946. The fourth-order valence-corrected chi connectivity index (χ4v) is 3.28. The highest BCUT2D eigenvalue weighted by Crippen LogP contribution is 2.36. The maximum absolute atomic E-state index is 12.4. The third-order valence-electron chi connectivity index (χ3n) is 5.15. The zero-order chi connectivity index (χ0) is 20.6. The molecule has 3 N–H and O–H groups in total. The van der Waals surface area contributed by atoms with E-state index in [1.54, 1.807) is 24.3 Å². The highest BCUT2D eigenvalue weighted by molar-refractivity contribution is 5.95. The van der Waals surface area contributed by atoms with Gasteiger partial charge < -0.3 is 15.4 Å². The van der Waals surface area contributed by atoms with E-state index >= 15 is 0 Å². The average molecular weight is 393 g/mol. The molecule has 0 aliphatic rings. The third kappa shape index (κ3) is 5.22. The van der Waals surface area contributed by atoms with Crippen molar-refractivity contribution >= 4 is 28.2 Å². The van der Waals surface area contributed by atoms with E-state index in [4.69, 9.17) is 0 Å². The summed E-state index contributed by atoms with van der Waals surface area (Å²) >= 11 is 0. The normalized spacial score (nSPS) is 12.5. The number of unbranched alkanes of at least 4 members (excludes halogenated alkanes) is 1. The first-order valence-electron chi connectivity index (χ1n) is 10.2. The molecule has 6 heteroatoms. The van der Waals surface area contributed by atoms with Gasteiger partial charge in [0, 0.05) is 17.5 Å². The second-order valence-corrected chi connectivity index (χ2v) is 7.24. The average Bonchev–Trinajstić information content (AvgIpc) is 3.07. The number of hydrogen-bond acceptors (Lipinski definition) is 4. The topological polar surface area (TPSA) is 89.8 Å². The smallest absolute Gasteiger partial charge is 0.251 e. The van der Waals surface area contributed by atoms with Crippen LogP contribution in [-0.2, 0) is 0 Å². The number of nitrogens with one attached hydrogen (secondary N) is 2. The van der Waals surface area contributed by atoms with Crippen molar-refractivity contribution in [2.45, 2.75) is 39.5 Å². The van der Waals surface area contributed by atoms with Gasteiger partial charge in [-0.2, -0.15) is 5.11 Å². The first-order chi connectivity index (χ1) is 14.1. The summed E-state index contributed by atoms with van der Waals surface area (Å²) in [5.41, 5.74) is 2.42. The number of carbonyl (C=O) groups excluding carboxylic acids is 1. The van der Waals surface area contributed by atoms with Gasteiger partial charge in [-0.05, 0) is 42.7 Å². The van der Waals surface area contributed by atoms with E-state index in [0.717, 1.165) is 23.7 Å². The van der Waals surface area contributed by atoms with Gasteiger partial charge in [-0.3, -0.25) is 4.79 Å². The van der Waals surface area contributed by atoms with Gasteiger partial charge in [0.1, 0.15) is 0 Å². The van der Waals surface area contributed by atoms with Crippen LogP contribution in [0.4, 0.5) is 11.4 Å². The minimum absolute atomic E-state index is 0.0144. The molecule has 0 unspecified atom stereocenters. The van der Waals surface area contributed by atoms with Crippen molar-refractivity contribution in [3.05, 3.63) is 54.1 Å². The number of para-hydroxylation sites is 1. The summed E-state index contributed by atoms with van der Waals surface area (Å²) in [6.07, 6.45) is 4.59. The molecule has 6 nitrogen and oxygen atoms in total. The van der Waals surface area contributed by atoms with E-state index in [2.05, 4.69) is 34.4 Å². The molecule has 0 saturated heterocycles. The van der Waals surface area contributed by atoms with E-state index in [9.17, 15) is 9.90 Å². The second-order valence-electron chi connectivity index (χ2n) is 7.24. The summed E-state index contributed by atoms with van der Waals surface area (Å²) in [5.74, 6) is 0.438. The van der Waals surface area contributed by atoms with Crippen molar-refractivity contribution in [1.82, 2.24) is 10.3 Å². The number of amides is 1. The molecule has 3 aromatic rings. The Labute approximate surface area is 171 Å². The largest absolute Gasteiger partial charge is 0.493 e. The summed E-state index contributed by atoms with van der Waals surface area (Å²) in [6.45, 7) is 5.05. The lowest BCUT2D eigenvalue weighted by atomic mass is 9.99. The number of fused-ring (bicyclic) bond motifs is 1. The number of aromatic nitrogens is 1. The van der Waals surface area contributed by atoms with E-state index in [1.165, 1.54) is 12.8 Å². The number of rotatable bonds is 9. The number of aromatic hydroxyl groups is 1. The number of H-pyrrole nitrogens is 1. The molecule has 1 aromatic heterocycles. The highest BCUT2D eigenvalue weighted by atomic mass is 16.3. The number of hydrogen-bond donors (Lipinski definition) is 3. The molecule has 0 bridgehead atoms. The van der Waals surface area contributed by atoms with Crippen LogP contribution in [0.15, 0.2) is 58.8 Å². The molecule has 1 amide bonds. The van der Waals surface area contributed by atoms with Crippen LogP contribution in [0.25, 0.3) is 10.9 Å². The molecular weight excluding hydrogens is 364 g/mol. The molecule has 0 fully saturated rings. The van der Waals surface area contributed by atoms with Gasteiger partial charge in [-0.1, -0.05) is 51.3 Å². The van der Waals surface area contributed by atoms with Crippen molar-refractivity contribution < 1.29 is 9.90 Å². The molecule has 152 valence electrons. The van der Waals surface area contributed by atoms with Crippen LogP contribution in [0, 0.1) is 5.92 Å². The van der Waals surface area contributed by atoms with Gasteiger partial charge in [0.25, 0.3) is 5.91 Å². The van der Waals surface area contributed by atoms with E-state index in [0.29, 0.717) is 29.4 Å². The maximum Gasteiger partial charge on any atom is 0.251 e. The lowest BCUT2D eigenvalue weighted by Gasteiger charge is -2.15. The maximum atomic E-state index is 12.4. The molecule has 29 heavy (non-hydrogen) atoms. The number of carbonyl (C=O) groups is 1. The summed E-state index contributed by atoms with van der Waals surface area (Å²) < 4.78 is 0. The van der Waals surface area contributed by atoms with Crippen molar-refractivity contribution in [1.29, 1.82) is 0 Å². The Morgan fingerprint density at radius 1 is 1.10 bits per heavy atom. The number of azo groups is 1. The van der Waals surface area contributed by atoms with Crippen LogP contribution in [0.2, 0.25) is 0 Å². The number of nitrogens with zero attached hydrogens (tertiary/aromatic N) is 2. The van der Waals surface area contributed by atoms with E-state index in [-0.39, 0.29) is 11.8 Å². The Kier molecular flexibility index (Phi) is 7.00. The SMILES string of the molecule is CCCC[C@H](CC)CNC(=O)c1ccc(N=Nc2c(O)[nH]c3ccccc23)cc1. The Balaban J connectivity index is 1.63. The molecule has 0 aliphatic carbocycles. The van der Waals surface area contributed by atoms with Gasteiger partial charge in [-0.25, -0.2) is 0 Å². The Hall–Kier alpha value is -3.15. The molecule has 3 rings (SSSR count). The van der Waals surface area contributed by atoms with Gasteiger partial charge in [0.05, 0.1) is 11.2 Å². The van der Waals surface area contributed by atoms with Crippen LogP contribution >= 0.6 is 0 Å². The quantitative estimate of drug-likeness (QED) is 0.376. The van der Waals surface area contributed by atoms with E-state index < -0.39 is 0 Å². The minimum atomic E-state index is -0.0716. The predicted molar refractivity (Wildman–Crippen MR) is 116 cm³/mol. The molecule has 1 atom stereocenters. The number of benzene rings is 2. The van der Waals surface area contributed by atoms with E-state index in [1.807, 2.05) is 24.3 Å². The summed E-state index contributed by atoms with van der Waals surface area (Å²) in [6, 6.07) is 14.5.